The number of hydrogen-bond donors (Lipinski definition) is 0. The van der Waals surface area contributed by atoms with Gasteiger partial charge in [-0.15, -0.1) is 0 Å². The van der Waals surface area contributed by atoms with Crippen molar-refractivity contribution in [1.82, 2.24) is 9.78 Å². The number of aromatic nitrogens is 3. The first kappa shape index (κ1) is 23.7. The Morgan fingerprint density at radius 1 is 0.829 bits per heavy atom. The molecule has 5 rings (SSSR count). The van der Waals surface area contributed by atoms with E-state index in [1.807, 2.05) is 10.7 Å². The summed E-state index contributed by atoms with van der Waals surface area (Å²) in [6.45, 7) is 11.7. The summed E-state index contributed by atoms with van der Waals surface area (Å²) >= 11 is 0. The average molecular weight is 483 g/mol. The Bertz CT molecular complexity index is 1240. The second-order valence-corrected chi connectivity index (χ2v) is 15.8. The molecule has 0 amide bonds. The number of aryl methyl sites for hydroxylation is 1. The third-order valence-corrected chi connectivity index (χ3v) is 12.3. The number of benzene rings is 3. The topological polar surface area (TPSA) is 30.9 Å². The molecule has 0 bridgehead atoms. The van der Waals surface area contributed by atoms with E-state index in [1.165, 1.54) is 11.1 Å². The van der Waals surface area contributed by atoms with E-state index in [0.717, 1.165) is 24.4 Å². The number of rotatable bonds is 6. The highest BCUT2D eigenvalue weighted by atomic mass is 28.4. The number of nitrogens with zero attached hydrogens (tertiary/aromatic N) is 3. The largest absolute Gasteiger partial charge is 0.400 e. The summed E-state index contributed by atoms with van der Waals surface area (Å²) in [5.74, 6) is 1.11. The Balaban J connectivity index is 1.73. The van der Waals surface area contributed by atoms with Crippen LogP contribution in [0.4, 0.5) is 0 Å². The molecule has 5 heteroatoms. The molecule has 0 unspecified atom stereocenters. The van der Waals surface area contributed by atoms with Gasteiger partial charge in [-0.1, -0.05) is 104 Å². The molecule has 2 heterocycles. The minimum atomic E-state index is -2.19. The van der Waals surface area contributed by atoms with Crippen LogP contribution in [0, 0.1) is 0 Å². The molecule has 1 aliphatic heterocycles. The van der Waals surface area contributed by atoms with Gasteiger partial charge in [0.1, 0.15) is 17.3 Å². The number of para-hydroxylation sites is 1. The average Bonchev–Trinajstić information content (AvgIpc) is 3.45. The molecule has 0 radical (unpaired) electrons. The predicted molar refractivity (Wildman–Crippen MR) is 143 cm³/mol. The van der Waals surface area contributed by atoms with Gasteiger partial charge in [0.05, 0.1) is 0 Å². The summed E-state index contributed by atoms with van der Waals surface area (Å²) in [4.78, 5) is 0. The van der Waals surface area contributed by atoms with E-state index in [2.05, 4.69) is 130 Å². The van der Waals surface area contributed by atoms with Gasteiger partial charge < -0.3 is 4.43 Å². The molecule has 0 saturated heterocycles. The van der Waals surface area contributed by atoms with Crippen molar-refractivity contribution in [3.8, 4) is 5.69 Å². The minimum absolute atomic E-state index is 0.0716. The van der Waals surface area contributed by atoms with Gasteiger partial charge in [-0.3, -0.25) is 0 Å². The monoisotopic (exact) mass is 482 g/mol. The predicted octanol–water partition coefficient (Wildman–Crippen LogP) is 6.61. The second kappa shape index (κ2) is 8.88. The summed E-state index contributed by atoms with van der Waals surface area (Å²) in [7, 11) is -2.19. The fourth-order valence-electron chi connectivity index (χ4n) is 5.00. The van der Waals surface area contributed by atoms with Crippen LogP contribution in [0.3, 0.4) is 0 Å². The fourth-order valence-corrected chi connectivity index (χ4v) is 6.48. The smallest absolute Gasteiger partial charge is 0.278 e. The SMILES string of the molecule is CC(C)(C)[Si](C)(C)OC(c1ccccc1)(c1ccccc1)[C@H]1CCc2nn(-c3ccccc3)c[n+]21. The van der Waals surface area contributed by atoms with Crippen LogP contribution < -0.4 is 4.57 Å². The summed E-state index contributed by atoms with van der Waals surface area (Å²) in [5, 5.41) is 5.06. The molecule has 3 aromatic carbocycles. The summed E-state index contributed by atoms with van der Waals surface area (Å²) < 4.78 is 12.0. The molecular weight excluding hydrogens is 446 g/mol. The Kier molecular flexibility index (Phi) is 6.02. The van der Waals surface area contributed by atoms with Gasteiger partial charge in [-0.25, -0.2) is 4.57 Å². The van der Waals surface area contributed by atoms with Gasteiger partial charge in [0.25, 0.3) is 5.82 Å². The van der Waals surface area contributed by atoms with Crippen molar-refractivity contribution < 1.29 is 8.99 Å². The lowest BCUT2D eigenvalue weighted by Crippen LogP contribution is -2.57. The van der Waals surface area contributed by atoms with Crippen LogP contribution in [-0.4, -0.2) is 18.1 Å². The first-order valence-corrected chi connectivity index (χ1v) is 15.5. The standard InChI is InChI=1S/C30H36N3OSi/c1-29(2,3)35(4,5)34-30(24-15-9-6-10-16-24,25-17-11-7-12-18-25)27-21-22-28-31-33(23-32(27)28)26-19-13-8-14-20-26/h6-20,23,27H,21-22H2,1-5H3/q+1/t27-/m1/s1. The zero-order valence-corrected chi connectivity index (χ0v) is 22.5. The highest BCUT2D eigenvalue weighted by molar-refractivity contribution is 6.74. The molecule has 1 atom stereocenters. The first-order chi connectivity index (χ1) is 16.7. The van der Waals surface area contributed by atoms with Crippen LogP contribution in [0.2, 0.25) is 18.1 Å². The van der Waals surface area contributed by atoms with E-state index in [0.29, 0.717) is 0 Å². The van der Waals surface area contributed by atoms with Crippen molar-refractivity contribution in [1.29, 1.82) is 0 Å². The van der Waals surface area contributed by atoms with Crippen molar-refractivity contribution in [2.24, 2.45) is 0 Å². The van der Waals surface area contributed by atoms with E-state index in [1.54, 1.807) is 0 Å². The second-order valence-electron chi connectivity index (χ2n) is 11.1. The van der Waals surface area contributed by atoms with Gasteiger partial charge in [-0.05, 0) is 47.8 Å². The maximum Gasteiger partial charge on any atom is 0.278 e. The molecule has 0 aliphatic carbocycles. The maximum absolute atomic E-state index is 7.60. The fraction of sp³-hybridized carbons (Fsp3) is 0.333. The minimum Gasteiger partial charge on any atom is -0.400 e. The maximum atomic E-state index is 7.60. The highest BCUT2D eigenvalue weighted by Gasteiger charge is 2.55. The normalized spacial score (nSPS) is 16.3. The molecule has 0 spiro atoms. The molecule has 0 N–H and O–H groups in total. The summed E-state index contributed by atoms with van der Waals surface area (Å²) in [6.07, 6.45) is 4.07. The molecule has 0 fully saturated rings. The van der Waals surface area contributed by atoms with Crippen molar-refractivity contribution in [2.75, 3.05) is 0 Å². The van der Waals surface area contributed by atoms with Crippen molar-refractivity contribution in [3.05, 3.63) is 114 Å². The van der Waals surface area contributed by atoms with Crippen LogP contribution in [0.5, 0.6) is 0 Å². The van der Waals surface area contributed by atoms with E-state index in [-0.39, 0.29) is 11.1 Å². The van der Waals surface area contributed by atoms with E-state index in [4.69, 9.17) is 9.52 Å². The third kappa shape index (κ3) is 4.17. The molecular formula is C30H36N3OSi+. The van der Waals surface area contributed by atoms with Crippen LogP contribution >= 0.6 is 0 Å². The van der Waals surface area contributed by atoms with Crippen LogP contribution in [-0.2, 0) is 16.4 Å². The Hall–Kier alpha value is -3.02. The molecule has 0 saturated carbocycles. The Morgan fingerprint density at radius 2 is 1.34 bits per heavy atom. The van der Waals surface area contributed by atoms with Gasteiger partial charge in [0.15, 0.2) is 8.32 Å². The third-order valence-electron chi connectivity index (χ3n) is 7.85. The van der Waals surface area contributed by atoms with Crippen molar-refractivity contribution in [3.63, 3.8) is 0 Å². The number of hydrogen-bond acceptors (Lipinski definition) is 2. The molecule has 4 nitrogen and oxygen atoms in total. The van der Waals surface area contributed by atoms with E-state index >= 15 is 0 Å². The van der Waals surface area contributed by atoms with Gasteiger partial charge in [-0.2, -0.15) is 0 Å². The molecule has 180 valence electrons. The van der Waals surface area contributed by atoms with Gasteiger partial charge >= 0.3 is 0 Å². The van der Waals surface area contributed by atoms with Crippen molar-refractivity contribution >= 4 is 8.32 Å². The zero-order valence-electron chi connectivity index (χ0n) is 21.5. The van der Waals surface area contributed by atoms with Gasteiger partial charge in [0, 0.05) is 11.5 Å². The molecule has 35 heavy (non-hydrogen) atoms. The van der Waals surface area contributed by atoms with E-state index in [9.17, 15) is 0 Å². The van der Waals surface area contributed by atoms with Crippen LogP contribution in [0.1, 0.15) is 50.2 Å². The lowest BCUT2D eigenvalue weighted by Gasteiger charge is -2.48. The quantitative estimate of drug-likeness (QED) is 0.229. The van der Waals surface area contributed by atoms with E-state index < -0.39 is 13.9 Å². The Morgan fingerprint density at radius 3 is 1.86 bits per heavy atom. The van der Waals surface area contributed by atoms with Crippen molar-refractivity contribution in [2.45, 2.75) is 63.4 Å². The van der Waals surface area contributed by atoms with Crippen LogP contribution in [0.25, 0.3) is 5.69 Å². The number of fused-ring (bicyclic) bond motifs is 1. The first-order valence-electron chi connectivity index (χ1n) is 12.6. The molecule has 1 aliphatic rings. The lowest BCUT2D eigenvalue weighted by atomic mass is 9.79. The summed E-state index contributed by atoms with van der Waals surface area (Å²) in [6, 6.07) is 32.1. The highest BCUT2D eigenvalue weighted by Crippen LogP contribution is 2.50. The molecule has 4 aromatic rings. The summed E-state index contributed by atoms with van der Waals surface area (Å²) in [5.41, 5.74) is 2.86. The zero-order chi connectivity index (χ0) is 24.7. The molecule has 1 aromatic heterocycles. The van der Waals surface area contributed by atoms with Crippen LogP contribution in [0.15, 0.2) is 97.3 Å². The lowest BCUT2D eigenvalue weighted by molar-refractivity contribution is -0.730. The Labute approximate surface area is 210 Å². The van der Waals surface area contributed by atoms with Gasteiger partial charge in [0.2, 0.25) is 6.33 Å².